The summed E-state index contributed by atoms with van der Waals surface area (Å²) < 4.78 is 4.91. The molecule has 0 bridgehead atoms. The maximum absolute atomic E-state index is 10.5. The molecular weight excluding hydrogens is 176 g/mol. The summed E-state index contributed by atoms with van der Waals surface area (Å²) >= 11 is 5.85. The summed E-state index contributed by atoms with van der Waals surface area (Å²) in [6.45, 7) is 0.369. The highest BCUT2D eigenvalue weighted by atomic mass is 35.5. The third-order valence-electron chi connectivity index (χ3n) is 1.57. The second kappa shape index (κ2) is 4.24. The molecule has 2 nitrogen and oxygen atoms in total. The first-order valence-corrected chi connectivity index (χ1v) is 3.89. The molecule has 12 heavy (non-hydrogen) atoms. The van der Waals surface area contributed by atoms with E-state index in [1.54, 1.807) is 25.3 Å². The van der Waals surface area contributed by atoms with Gasteiger partial charge in [0.25, 0.3) is 0 Å². The first kappa shape index (κ1) is 9.23. The summed E-state index contributed by atoms with van der Waals surface area (Å²) in [6.07, 6.45) is 0.778. The number of aldehydes is 1. The number of benzene rings is 1. The number of halogens is 1. The van der Waals surface area contributed by atoms with Crippen molar-refractivity contribution >= 4 is 17.9 Å². The van der Waals surface area contributed by atoms with E-state index in [0.29, 0.717) is 17.2 Å². The minimum atomic E-state index is 0.369. The predicted octanol–water partition coefficient (Wildman–Crippen LogP) is 2.30. The van der Waals surface area contributed by atoms with Crippen molar-refractivity contribution in [3.8, 4) is 0 Å². The van der Waals surface area contributed by atoms with Gasteiger partial charge in [-0.05, 0) is 6.07 Å². The molecule has 0 atom stereocenters. The minimum Gasteiger partial charge on any atom is -0.380 e. The monoisotopic (exact) mass is 184 g/mol. The molecule has 0 saturated heterocycles. The van der Waals surface area contributed by atoms with Crippen LogP contribution < -0.4 is 0 Å². The molecule has 64 valence electrons. The summed E-state index contributed by atoms with van der Waals surface area (Å²) in [5.74, 6) is 0. The van der Waals surface area contributed by atoms with Crippen molar-refractivity contribution in [2.45, 2.75) is 6.61 Å². The van der Waals surface area contributed by atoms with Gasteiger partial charge >= 0.3 is 0 Å². The summed E-state index contributed by atoms with van der Waals surface area (Å²) in [6, 6.07) is 5.20. The Balaban J connectivity index is 3.10. The van der Waals surface area contributed by atoms with Gasteiger partial charge in [-0.3, -0.25) is 4.79 Å². The van der Waals surface area contributed by atoms with E-state index in [0.717, 1.165) is 11.8 Å². The lowest BCUT2D eigenvalue weighted by molar-refractivity contribution is 0.111. The third kappa shape index (κ3) is 1.84. The molecule has 3 heteroatoms. The standard InChI is InChI=1S/C9H9ClO2/c1-12-6-8-7(5-11)3-2-4-9(8)10/h2-5H,6H2,1H3. The zero-order chi connectivity index (χ0) is 8.97. The molecule has 0 fully saturated rings. The van der Waals surface area contributed by atoms with Gasteiger partial charge in [0, 0.05) is 23.3 Å². The van der Waals surface area contributed by atoms with Crippen molar-refractivity contribution in [2.75, 3.05) is 7.11 Å². The number of methoxy groups -OCH3 is 1. The minimum absolute atomic E-state index is 0.369. The van der Waals surface area contributed by atoms with E-state index in [9.17, 15) is 4.79 Å². The lowest BCUT2D eigenvalue weighted by Gasteiger charge is -2.04. The first-order chi connectivity index (χ1) is 5.79. The van der Waals surface area contributed by atoms with Crippen LogP contribution in [0.2, 0.25) is 5.02 Å². The Labute approximate surface area is 76.1 Å². The van der Waals surface area contributed by atoms with Crippen LogP contribution in [0.3, 0.4) is 0 Å². The van der Waals surface area contributed by atoms with E-state index in [-0.39, 0.29) is 0 Å². The molecular formula is C9H9ClO2. The van der Waals surface area contributed by atoms with Crippen LogP contribution in [0, 0.1) is 0 Å². The van der Waals surface area contributed by atoms with E-state index in [2.05, 4.69) is 0 Å². The van der Waals surface area contributed by atoms with Crippen LogP contribution in [0.15, 0.2) is 18.2 Å². The second-order valence-corrected chi connectivity index (χ2v) is 2.77. The molecule has 0 aliphatic carbocycles. The molecule has 0 heterocycles. The van der Waals surface area contributed by atoms with E-state index < -0.39 is 0 Å². The SMILES string of the molecule is COCc1c(Cl)cccc1C=O. The highest BCUT2D eigenvalue weighted by Crippen LogP contribution is 2.19. The number of ether oxygens (including phenoxy) is 1. The number of hydrogen-bond acceptors (Lipinski definition) is 2. The quantitative estimate of drug-likeness (QED) is 0.674. The number of carbonyl (C=O) groups excluding carboxylic acids is 1. The Morgan fingerprint density at radius 1 is 1.58 bits per heavy atom. The average Bonchev–Trinajstić information content (AvgIpc) is 2.09. The van der Waals surface area contributed by atoms with Crippen molar-refractivity contribution in [1.82, 2.24) is 0 Å². The second-order valence-electron chi connectivity index (χ2n) is 2.36. The summed E-state index contributed by atoms with van der Waals surface area (Å²) in [5, 5.41) is 0.571. The Morgan fingerprint density at radius 2 is 2.33 bits per heavy atom. The third-order valence-corrected chi connectivity index (χ3v) is 1.92. The fraction of sp³-hybridized carbons (Fsp3) is 0.222. The van der Waals surface area contributed by atoms with E-state index in [4.69, 9.17) is 16.3 Å². The molecule has 0 spiro atoms. The fourth-order valence-electron chi connectivity index (χ4n) is 0.982. The molecule has 1 rings (SSSR count). The molecule has 0 saturated carbocycles. The van der Waals surface area contributed by atoms with Crippen molar-refractivity contribution in [1.29, 1.82) is 0 Å². The van der Waals surface area contributed by atoms with E-state index >= 15 is 0 Å². The lowest BCUT2D eigenvalue weighted by atomic mass is 10.1. The topological polar surface area (TPSA) is 26.3 Å². The van der Waals surface area contributed by atoms with Crippen molar-refractivity contribution < 1.29 is 9.53 Å². The maximum Gasteiger partial charge on any atom is 0.150 e. The van der Waals surface area contributed by atoms with Crippen LogP contribution in [0.25, 0.3) is 0 Å². The Hall–Kier alpha value is -0.860. The molecule has 0 amide bonds. The first-order valence-electron chi connectivity index (χ1n) is 3.51. The molecule has 0 aromatic heterocycles. The molecule has 0 aliphatic rings. The van der Waals surface area contributed by atoms with Gasteiger partial charge in [0.2, 0.25) is 0 Å². The Morgan fingerprint density at radius 3 is 2.92 bits per heavy atom. The highest BCUT2D eigenvalue weighted by Gasteiger charge is 2.04. The largest absolute Gasteiger partial charge is 0.380 e. The van der Waals surface area contributed by atoms with Gasteiger partial charge in [0.05, 0.1) is 6.61 Å². The molecule has 1 aromatic rings. The van der Waals surface area contributed by atoms with Crippen molar-refractivity contribution in [3.05, 3.63) is 34.3 Å². The van der Waals surface area contributed by atoms with E-state index in [1.807, 2.05) is 0 Å². The Kier molecular flexibility index (Phi) is 3.26. The van der Waals surface area contributed by atoms with Crippen molar-refractivity contribution in [2.24, 2.45) is 0 Å². The molecule has 0 N–H and O–H groups in total. The van der Waals surface area contributed by atoms with Gasteiger partial charge < -0.3 is 4.74 Å². The molecule has 0 aliphatic heterocycles. The van der Waals surface area contributed by atoms with Crippen LogP contribution in [-0.2, 0) is 11.3 Å². The number of carbonyl (C=O) groups is 1. The zero-order valence-electron chi connectivity index (χ0n) is 6.71. The van der Waals surface area contributed by atoms with Gasteiger partial charge in [0.15, 0.2) is 0 Å². The normalized spacial score (nSPS) is 9.83. The Bertz CT molecular complexity index is 284. The van der Waals surface area contributed by atoms with E-state index in [1.165, 1.54) is 0 Å². The zero-order valence-corrected chi connectivity index (χ0v) is 7.47. The molecule has 0 radical (unpaired) electrons. The van der Waals surface area contributed by atoms with Gasteiger partial charge in [-0.2, -0.15) is 0 Å². The smallest absolute Gasteiger partial charge is 0.150 e. The molecule has 0 unspecified atom stereocenters. The van der Waals surface area contributed by atoms with Crippen LogP contribution >= 0.6 is 11.6 Å². The van der Waals surface area contributed by atoms with Gasteiger partial charge in [-0.1, -0.05) is 23.7 Å². The summed E-state index contributed by atoms with van der Waals surface area (Å²) in [5.41, 5.74) is 1.33. The van der Waals surface area contributed by atoms with Gasteiger partial charge in [-0.15, -0.1) is 0 Å². The van der Waals surface area contributed by atoms with Crippen LogP contribution in [0.5, 0.6) is 0 Å². The van der Waals surface area contributed by atoms with Crippen LogP contribution in [0.1, 0.15) is 15.9 Å². The lowest BCUT2D eigenvalue weighted by Crippen LogP contribution is -1.95. The number of rotatable bonds is 3. The maximum atomic E-state index is 10.5. The summed E-state index contributed by atoms with van der Waals surface area (Å²) in [4.78, 5) is 10.5. The van der Waals surface area contributed by atoms with Crippen LogP contribution in [0.4, 0.5) is 0 Å². The van der Waals surface area contributed by atoms with Gasteiger partial charge in [-0.25, -0.2) is 0 Å². The highest BCUT2D eigenvalue weighted by molar-refractivity contribution is 6.31. The predicted molar refractivity (Wildman–Crippen MR) is 47.6 cm³/mol. The fourth-order valence-corrected chi connectivity index (χ4v) is 1.22. The van der Waals surface area contributed by atoms with Crippen LogP contribution in [-0.4, -0.2) is 13.4 Å². The summed E-state index contributed by atoms with van der Waals surface area (Å²) in [7, 11) is 1.57. The average molecular weight is 185 g/mol. The van der Waals surface area contributed by atoms with Gasteiger partial charge in [0.1, 0.15) is 6.29 Å². The van der Waals surface area contributed by atoms with Crippen molar-refractivity contribution in [3.63, 3.8) is 0 Å². The molecule has 1 aromatic carbocycles. The number of hydrogen-bond donors (Lipinski definition) is 0.